The Bertz CT molecular complexity index is 1240. The van der Waals surface area contributed by atoms with Gasteiger partial charge in [-0.3, -0.25) is 9.10 Å². The average Bonchev–Trinajstić information content (AvgIpc) is 2.81. The van der Waals surface area contributed by atoms with Crippen LogP contribution in [-0.4, -0.2) is 35.1 Å². The van der Waals surface area contributed by atoms with E-state index in [1.54, 1.807) is 62.8 Å². The van der Waals surface area contributed by atoms with E-state index in [9.17, 15) is 13.2 Å². The number of amides is 1. The van der Waals surface area contributed by atoms with Crippen molar-refractivity contribution in [2.45, 2.75) is 31.7 Å². The lowest BCUT2D eigenvalue weighted by Crippen LogP contribution is -2.41. The van der Waals surface area contributed by atoms with Gasteiger partial charge >= 0.3 is 0 Å². The number of sulfonamides is 1. The molecule has 7 nitrogen and oxygen atoms in total. The molecule has 0 aliphatic rings. The maximum Gasteiger partial charge on any atom is 0.264 e. The van der Waals surface area contributed by atoms with Gasteiger partial charge in [-0.1, -0.05) is 24.3 Å². The molecular weight excluding hydrogens is 452 g/mol. The molecule has 0 saturated carbocycles. The lowest BCUT2D eigenvalue weighted by molar-refractivity contribution is -0.120. The number of carbonyl (C=O) groups is 1. The van der Waals surface area contributed by atoms with E-state index in [1.165, 1.54) is 12.1 Å². The highest BCUT2D eigenvalue weighted by atomic mass is 32.2. The molecule has 0 heterocycles. The van der Waals surface area contributed by atoms with E-state index in [1.807, 2.05) is 26.8 Å². The Labute approximate surface area is 201 Å². The number of hydrogen-bond acceptors (Lipinski definition) is 5. The molecular formula is C26H30N2O5S. The van der Waals surface area contributed by atoms with Crippen molar-refractivity contribution in [3.8, 4) is 11.5 Å². The second kappa shape index (κ2) is 10.6. The van der Waals surface area contributed by atoms with Crippen molar-refractivity contribution in [1.82, 2.24) is 5.32 Å². The van der Waals surface area contributed by atoms with Crippen LogP contribution in [0.1, 0.15) is 29.7 Å². The molecule has 1 amide bonds. The molecule has 0 spiro atoms. The quantitative estimate of drug-likeness (QED) is 0.489. The van der Waals surface area contributed by atoms with E-state index in [0.29, 0.717) is 17.2 Å². The Morgan fingerprint density at radius 3 is 2.18 bits per heavy atom. The van der Waals surface area contributed by atoms with Gasteiger partial charge in [0.05, 0.1) is 30.8 Å². The fourth-order valence-corrected chi connectivity index (χ4v) is 5.23. The first-order valence-corrected chi connectivity index (χ1v) is 12.3. The molecule has 1 atom stereocenters. The molecule has 3 aromatic carbocycles. The summed E-state index contributed by atoms with van der Waals surface area (Å²) in [5.74, 6) is 0.771. The Kier molecular flexibility index (Phi) is 7.83. The van der Waals surface area contributed by atoms with Crippen LogP contribution in [0.3, 0.4) is 0 Å². The summed E-state index contributed by atoms with van der Waals surface area (Å²) in [6.45, 7) is 5.21. The molecule has 0 aliphatic carbocycles. The molecule has 0 saturated heterocycles. The molecule has 0 aromatic heterocycles. The molecule has 3 rings (SSSR count). The zero-order valence-corrected chi connectivity index (χ0v) is 20.8. The molecule has 180 valence electrons. The van der Waals surface area contributed by atoms with Gasteiger partial charge in [0.1, 0.15) is 18.0 Å². The highest BCUT2D eigenvalue weighted by Crippen LogP contribution is 2.30. The first-order chi connectivity index (χ1) is 16.1. The van der Waals surface area contributed by atoms with Gasteiger partial charge in [-0.15, -0.1) is 0 Å². The van der Waals surface area contributed by atoms with Gasteiger partial charge < -0.3 is 14.8 Å². The van der Waals surface area contributed by atoms with Gasteiger partial charge in [0.25, 0.3) is 10.0 Å². The first kappa shape index (κ1) is 25.1. The van der Waals surface area contributed by atoms with Crippen molar-refractivity contribution in [2.75, 3.05) is 25.1 Å². The van der Waals surface area contributed by atoms with Crippen molar-refractivity contribution in [3.05, 3.63) is 83.4 Å². The zero-order valence-electron chi connectivity index (χ0n) is 20.0. The topological polar surface area (TPSA) is 84.9 Å². The fourth-order valence-electron chi connectivity index (χ4n) is 3.80. The Balaban J connectivity index is 1.93. The van der Waals surface area contributed by atoms with Gasteiger partial charge in [0.15, 0.2) is 0 Å². The average molecular weight is 483 g/mol. The maximum absolute atomic E-state index is 13.5. The molecule has 0 unspecified atom stereocenters. The van der Waals surface area contributed by atoms with E-state index in [4.69, 9.17) is 9.47 Å². The first-order valence-electron chi connectivity index (χ1n) is 10.8. The van der Waals surface area contributed by atoms with E-state index >= 15 is 0 Å². The lowest BCUT2D eigenvalue weighted by atomic mass is 10.1. The highest BCUT2D eigenvalue weighted by Gasteiger charge is 2.28. The summed E-state index contributed by atoms with van der Waals surface area (Å²) in [4.78, 5) is 13.2. The summed E-state index contributed by atoms with van der Waals surface area (Å²) >= 11 is 0. The van der Waals surface area contributed by atoms with Crippen LogP contribution < -0.4 is 19.1 Å². The molecule has 0 aliphatic heterocycles. The number of ether oxygens (including phenoxy) is 2. The minimum atomic E-state index is -3.98. The second-order valence-electron chi connectivity index (χ2n) is 8.07. The zero-order chi connectivity index (χ0) is 24.9. The van der Waals surface area contributed by atoms with Gasteiger partial charge in [-0.2, -0.15) is 0 Å². The highest BCUT2D eigenvalue weighted by molar-refractivity contribution is 7.92. The maximum atomic E-state index is 13.5. The van der Waals surface area contributed by atoms with Crippen LogP contribution in [0, 0.1) is 13.8 Å². The normalized spacial score (nSPS) is 12.0. The number of nitrogens with one attached hydrogen (secondary N) is 1. The third-order valence-electron chi connectivity index (χ3n) is 5.39. The smallest absolute Gasteiger partial charge is 0.264 e. The summed E-state index contributed by atoms with van der Waals surface area (Å²) in [5, 5.41) is 2.89. The largest absolute Gasteiger partial charge is 0.497 e. The summed E-state index contributed by atoms with van der Waals surface area (Å²) in [6.07, 6.45) is 0. The van der Waals surface area contributed by atoms with Crippen LogP contribution in [0.5, 0.6) is 11.5 Å². The predicted molar refractivity (Wildman–Crippen MR) is 133 cm³/mol. The number of aryl methyl sites for hydroxylation is 2. The molecule has 0 fully saturated rings. The molecule has 8 heteroatoms. The minimum absolute atomic E-state index is 0.115. The van der Waals surface area contributed by atoms with Gasteiger partial charge in [0, 0.05) is 5.56 Å². The van der Waals surface area contributed by atoms with Crippen molar-refractivity contribution in [1.29, 1.82) is 0 Å². The molecule has 1 N–H and O–H groups in total. The molecule has 3 aromatic rings. The van der Waals surface area contributed by atoms with Gasteiger partial charge in [-0.05, 0) is 74.4 Å². The van der Waals surface area contributed by atoms with E-state index in [2.05, 4.69) is 5.32 Å². The number of hydrogen-bond donors (Lipinski definition) is 1. The van der Waals surface area contributed by atoms with Crippen molar-refractivity contribution >= 4 is 21.6 Å². The van der Waals surface area contributed by atoms with Gasteiger partial charge in [-0.25, -0.2) is 8.42 Å². The van der Waals surface area contributed by atoms with E-state index in [-0.39, 0.29) is 11.4 Å². The lowest BCUT2D eigenvalue weighted by Gasteiger charge is -2.26. The van der Waals surface area contributed by atoms with Crippen molar-refractivity contribution in [2.24, 2.45) is 0 Å². The third kappa shape index (κ3) is 5.69. The summed E-state index contributed by atoms with van der Waals surface area (Å²) in [5.41, 5.74) is 2.96. The number of benzene rings is 3. The summed E-state index contributed by atoms with van der Waals surface area (Å²) < 4.78 is 38.9. The molecule has 34 heavy (non-hydrogen) atoms. The second-order valence-corrected chi connectivity index (χ2v) is 9.93. The third-order valence-corrected chi connectivity index (χ3v) is 7.18. The SMILES string of the molecule is COc1ccc(OC)c([C@@H](C)NC(=O)CN(c2cc(C)cc(C)c2)S(=O)(=O)c2ccccc2)c1. The standard InChI is InChI=1S/C26H30N2O5S/c1-18-13-19(2)15-21(14-18)28(34(30,31)23-9-7-6-8-10-23)17-26(29)27-20(3)24-16-22(32-4)11-12-25(24)33-5/h6-16,20H,17H2,1-5H3,(H,27,29)/t20-/m1/s1. The van der Waals surface area contributed by atoms with Crippen molar-refractivity contribution in [3.63, 3.8) is 0 Å². The van der Waals surface area contributed by atoms with Crippen LogP contribution in [0.25, 0.3) is 0 Å². The van der Waals surface area contributed by atoms with Crippen LogP contribution in [0.4, 0.5) is 5.69 Å². The van der Waals surface area contributed by atoms with Crippen LogP contribution >= 0.6 is 0 Å². The Morgan fingerprint density at radius 2 is 1.59 bits per heavy atom. The fraction of sp³-hybridized carbons (Fsp3) is 0.269. The van der Waals surface area contributed by atoms with Crippen LogP contribution in [-0.2, 0) is 14.8 Å². The van der Waals surface area contributed by atoms with Crippen LogP contribution in [0.15, 0.2) is 71.6 Å². The number of anilines is 1. The van der Waals surface area contributed by atoms with Crippen LogP contribution in [0.2, 0.25) is 0 Å². The number of methoxy groups -OCH3 is 2. The Hall–Kier alpha value is -3.52. The predicted octanol–water partition coefficient (Wildman–Crippen LogP) is 4.39. The van der Waals surface area contributed by atoms with E-state index < -0.39 is 22.0 Å². The van der Waals surface area contributed by atoms with Gasteiger partial charge in [0.2, 0.25) is 5.91 Å². The monoisotopic (exact) mass is 482 g/mol. The summed E-state index contributed by atoms with van der Waals surface area (Å²) in [6, 6.07) is 18.4. The number of carbonyl (C=O) groups excluding carboxylic acids is 1. The molecule has 0 bridgehead atoms. The van der Waals surface area contributed by atoms with E-state index in [0.717, 1.165) is 21.0 Å². The Morgan fingerprint density at radius 1 is 0.941 bits per heavy atom. The summed E-state index contributed by atoms with van der Waals surface area (Å²) in [7, 11) is -0.869. The van der Waals surface area contributed by atoms with Crippen molar-refractivity contribution < 1.29 is 22.7 Å². The number of rotatable bonds is 9. The molecule has 0 radical (unpaired) electrons. The number of nitrogens with zero attached hydrogens (tertiary/aromatic N) is 1. The minimum Gasteiger partial charge on any atom is -0.497 e.